The molecular formula is C37H62N2O3. The van der Waals surface area contributed by atoms with Crippen LogP contribution in [0.15, 0.2) is 36.5 Å². The third-order valence-electron chi connectivity index (χ3n) is 7.25. The summed E-state index contributed by atoms with van der Waals surface area (Å²) in [5.41, 5.74) is 5.81. The quantitative estimate of drug-likeness (QED) is 0.234. The van der Waals surface area contributed by atoms with Crippen LogP contribution >= 0.6 is 0 Å². The first-order valence-electron chi connectivity index (χ1n) is 14.4. The predicted molar refractivity (Wildman–Crippen MR) is 182 cm³/mol. The van der Waals surface area contributed by atoms with Gasteiger partial charge >= 0.3 is 0 Å². The van der Waals surface area contributed by atoms with Gasteiger partial charge in [-0.05, 0) is 61.5 Å². The van der Waals surface area contributed by atoms with Gasteiger partial charge in [-0.1, -0.05) is 129 Å². The smallest absolute Gasteiger partial charge is 0.221 e. The van der Waals surface area contributed by atoms with Crippen LogP contribution in [0.1, 0.15) is 138 Å². The van der Waals surface area contributed by atoms with Gasteiger partial charge in [0.25, 0.3) is 0 Å². The predicted octanol–water partition coefficient (Wildman–Crippen LogP) is 8.91. The van der Waals surface area contributed by atoms with Gasteiger partial charge in [-0.25, -0.2) is 0 Å². The molecule has 1 amide bonds. The summed E-state index contributed by atoms with van der Waals surface area (Å²) in [6.45, 7) is 29.6. The second-order valence-corrected chi connectivity index (χ2v) is 15.3. The molecule has 0 spiro atoms. The number of benzene rings is 2. The second kappa shape index (κ2) is 14.0. The summed E-state index contributed by atoms with van der Waals surface area (Å²) < 4.78 is 0. The molecule has 0 aliphatic heterocycles. The number of phenols is 2. The summed E-state index contributed by atoms with van der Waals surface area (Å²) in [5.74, 6) is 0.680. The highest BCUT2D eigenvalue weighted by molar-refractivity contribution is 5.76. The summed E-state index contributed by atoms with van der Waals surface area (Å²) in [4.78, 5) is 12.7. The average molecular weight is 583 g/mol. The molecule has 0 unspecified atom stereocenters. The molecule has 2 aromatic rings. The number of phenolic OH excluding ortho intramolecular Hbond substituents is 2. The largest absolute Gasteiger partial charge is 0.507 e. The van der Waals surface area contributed by atoms with Crippen molar-refractivity contribution in [1.29, 1.82) is 0 Å². The van der Waals surface area contributed by atoms with Crippen molar-refractivity contribution >= 4 is 5.91 Å². The number of carbonyl (C=O) groups is 1. The topological polar surface area (TPSA) is 81.6 Å². The van der Waals surface area contributed by atoms with Crippen LogP contribution in [0.5, 0.6) is 11.5 Å². The van der Waals surface area contributed by atoms with Crippen LogP contribution in [0, 0.1) is 0 Å². The summed E-state index contributed by atoms with van der Waals surface area (Å²) in [7, 11) is 0. The van der Waals surface area contributed by atoms with Crippen LogP contribution in [0.4, 0.5) is 0 Å². The van der Waals surface area contributed by atoms with Gasteiger partial charge in [0.1, 0.15) is 11.5 Å². The number of amides is 1. The number of hydrogen-bond acceptors (Lipinski definition) is 4. The molecule has 0 aliphatic rings. The highest BCUT2D eigenvalue weighted by Gasteiger charge is 2.28. The fraction of sp³-hybridized carbons (Fsp3) is 0.595. The zero-order valence-corrected chi connectivity index (χ0v) is 27.1. The molecule has 238 valence electrons. The molecule has 0 heterocycles. The van der Waals surface area contributed by atoms with E-state index in [1.807, 2.05) is 12.1 Å². The molecule has 0 aliphatic carbocycles. The lowest BCUT2D eigenvalue weighted by Crippen LogP contribution is -2.33. The van der Waals surface area contributed by atoms with Gasteiger partial charge in [0.2, 0.25) is 5.91 Å². The van der Waals surface area contributed by atoms with Crippen molar-refractivity contribution in [3.63, 3.8) is 0 Å². The van der Waals surface area contributed by atoms with Crippen molar-refractivity contribution < 1.29 is 15.0 Å². The fourth-order valence-corrected chi connectivity index (χ4v) is 4.84. The molecule has 5 nitrogen and oxygen atoms in total. The average Bonchev–Trinajstić information content (AvgIpc) is 2.76. The van der Waals surface area contributed by atoms with Crippen molar-refractivity contribution in [2.45, 2.75) is 139 Å². The lowest BCUT2D eigenvalue weighted by molar-refractivity contribution is -0.121. The van der Waals surface area contributed by atoms with Gasteiger partial charge in [-0.2, -0.15) is 0 Å². The molecule has 5 heteroatoms. The molecule has 0 saturated carbocycles. The maximum atomic E-state index is 12.7. The molecule has 4 N–H and O–H groups in total. The van der Waals surface area contributed by atoms with E-state index in [4.69, 9.17) is 0 Å². The van der Waals surface area contributed by atoms with Crippen LogP contribution in [0.2, 0.25) is 0 Å². The van der Waals surface area contributed by atoms with Crippen molar-refractivity contribution in [2.24, 2.45) is 0 Å². The first-order chi connectivity index (χ1) is 18.0. The highest BCUT2D eigenvalue weighted by atomic mass is 16.3. The monoisotopic (exact) mass is 582 g/mol. The number of hydrogen-bond donors (Lipinski definition) is 4. The van der Waals surface area contributed by atoms with Crippen LogP contribution < -0.4 is 10.6 Å². The maximum absolute atomic E-state index is 12.7. The Morgan fingerprint density at radius 1 is 0.643 bits per heavy atom. The summed E-state index contributed by atoms with van der Waals surface area (Å²) in [5, 5.41) is 28.1. The Labute approximate surface area is 258 Å². The fourth-order valence-electron chi connectivity index (χ4n) is 4.84. The highest BCUT2D eigenvalue weighted by Crippen LogP contribution is 2.41. The Morgan fingerprint density at radius 2 is 0.976 bits per heavy atom. The number of allylic oxidation sites excluding steroid dienone is 1. The summed E-state index contributed by atoms with van der Waals surface area (Å²) >= 11 is 0. The van der Waals surface area contributed by atoms with Gasteiger partial charge in [0, 0.05) is 18.5 Å². The van der Waals surface area contributed by atoms with E-state index < -0.39 is 0 Å². The summed E-state index contributed by atoms with van der Waals surface area (Å²) in [6.07, 6.45) is 1.55. The van der Waals surface area contributed by atoms with Crippen LogP contribution in [0.3, 0.4) is 0 Å². The van der Waals surface area contributed by atoms with Crippen LogP contribution in [-0.2, 0) is 39.3 Å². The van der Waals surface area contributed by atoms with Crippen molar-refractivity contribution in [3.8, 4) is 11.5 Å². The SMILES string of the molecule is C.C.C=C(Cc1cc(C(C)(C)C)c(O)c(C(C)(C)C)c1)NCNC(=O)CCc1cc(C(C)(C)C)c(O)c(C(C)(C)C)c1. The molecule has 2 rings (SSSR count). The van der Waals surface area contributed by atoms with E-state index in [2.05, 4.69) is 112 Å². The molecule has 42 heavy (non-hydrogen) atoms. The minimum atomic E-state index is -0.203. The van der Waals surface area contributed by atoms with E-state index in [-0.39, 0.29) is 42.4 Å². The normalized spacial score (nSPS) is 12.2. The van der Waals surface area contributed by atoms with Crippen LogP contribution in [-0.4, -0.2) is 22.8 Å². The van der Waals surface area contributed by atoms with E-state index in [0.717, 1.165) is 39.1 Å². The standard InChI is InChI=1S/C35H54N2O3.2CH4/c1-22(16-24-19-27(34(8,9)10)31(40)28(20-24)35(11,12)13)36-21-37-29(38)15-14-23-17-25(32(2,3)4)30(39)26(18-23)33(5,6)7;;/h17-20,36,39-40H,1,14-16,21H2,2-13H3,(H,37,38);2*1H4. The minimum absolute atomic E-state index is 0. The molecule has 0 atom stereocenters. The number of nitrogens with one attached hydrogen (secondary N) is 2. The van der Waals surface area contributed by atoms with Crippen LogP contribution in [0.25, 0.3) is 0 Å². The Kier molecular flexibility index (Phi) is 13.0. The zero-order chi connectivity index (χ0) is 30.8. The molecule has 0 fully saturated rings. The molecular weight excluding hydrogens is 520 g/mol. The van der Waals surface area contributed by atoms with Crippen molar-refractivity contribution in [3.05, 3.63) is 69.9 Å². The lowest BCUT2D eigenvalue weighted by atomic mass is 9.78. The van der Waals surface area contributed by atoms with E-state index in [9.17, 15) is 15.0 Å². The van der Waals surface area contributed by atoms with Gasteiger partial charge in [0.05, 0.1) is 6.67 Å². The Morgan fingerprint density at radius 3 is 1.31 bits per heavy atom. The third kappa shape index (κ3) is 10.4. The number of aromatic hydroxyl groups is 2. The number of rotatable bonds is 8. The van der Waals surface area contributed by atoms with Gasteiger partial charge in [-0.3, -0.25) is 4.79 Å². The molecule has 0 aromatic heterocycles. The molecule has 0 bridgehead atoms. The third-order valence-corrected chi connectivity index (χ3v) is 7.25. The van der Waals surface area contributed by atoms with E-state index in [1.165, 1.54) is 0 Å². The Hall–Kier alpha value is -2.95. The molecule has 0 saturated heterocycles. The number of carbonyl (C=O) groups excluding carboxylic acids is 1. The maximum Gasteiger partial charge on any atom is 0.221 e. The van der Waals surface area contributed by atoms with Crippen molar-refractivity contribution in [1.82, 2.24) is 10.6 Å². The number of aryl methyl sites for hydroxylation is 1. The Bertz CT molecular complexity index is 1160. The van der Waals surface area contributed by atoms with E-state index >= 15 is 0 Å². The Balaban J connectivity index is 0.00000840. The summed E-state index contributed by atoms with van der Waals surface area (Å²) in [6, 6.07) is 8.19. The molecule has 2 aromatic carbocycles. The first kappa shape index (κ1) is 39.0. The van der Waals surface area contributed by atoms with Gasteiger partial charge in [0.15, 0.2) is 0 Å². The van der Waals surface area contributed by atoms with Gasteiger partial charge in [-0.15, -0.1) is 0 Å². The minimum Gasteiger partial charge on any atom is -0.507 e. The van der Waals surface area contributed by atoms with Gasteiger partial charge < -0.3 is 20.8 Å². The molecule has 0 radical (unpaired) electrons. The van der Waals surface area contributed by atoms with E-state index in [0.29, 0.717) is 37.4 Å². The first-order valence-corrected chi connectivity index (χ1v) is 14.4. The van der Waals surface area contributed by atoms with Crippen molar-refractivity contribution in [2.75, 3.05) is 6.67 Å². The second-order valence-electron chi connectivity index (χ2n) is 15.3. The zero-order valence-electron chi connectivity index (χ0n) is 27.1. The van der Waals surface area contributed by atoms with E-state index in [1.54, 1.807) is 0 Å². The lowest BCUT2D eigenvalue weighted by Gasteiger charge is -2.28.